The monoisotopic (exact) mass is 392 g/mol. The van der Waals surface area contributed by atoms with Crippen molar-refractivity contribution in [3.05, 3.63) is 42.0 Å². The first-order chi connectivity index (χ1) is 14.2. The lowest BCUT2D eigenvalue weighted by molar-refractivity contribution is -0.140. The fourth-order valence-electron chi connectivity index (χ4n) is 4.71. The van der Waals surface area contributed by atoms with Crippen LogP contribution in [-0.4, -0.2) is 5.97 Å². The van der Waals surface area contributed by atoms with Crippen LogP contribution in [0.4, 0.5) is 0 Å². The van der Waals surface area contributed by atoms with Gasteiger partial charge in [0, 0.05) is 5.56 Å². The number of rotatable bonds is 5. The summed E-state index contributed by atoms with van der Waals surface area (Å²) in [4.78, 5) is 12.4. The molecule has 0 aliphatic heterocycles. The average molecular weight is 393 g/mol. The van der Waals surface area contributed by atoms with Gasteiger partial charge in [0.1, 0.15) is 5.75 Å². The molecule has 2 aliphatic rings. The number of allylic oxidation sites excluding steroid dienone is 2. The molecule has 3 rings (SSSR count). The van der Waals surface area contributed by atoms with Gasteiger partial charge in [0.15, 0.2) is 0 Å². The Balaban J connectivity index is 1.44. The van der Waals surface area contributed by atoms with Crippen LogP contribution >= 0.6 is 0 Å². The Hall–Kier alpha value is -2.01. The lowest BCUT2D eigenvalue weighted by atomic mass is 9.81. The molecule has 1 aromatic rings. The first kappa shape index (κ1) is 21.7. The first-order valence-electron chi connectivity index (χ1n) is 11.7. The Morgan fingerprint density at radius 1 is 0.931 bits per heavy atom. The predicted molar refractivity (Wildman–Crippen MR) is 120 cm³/mol. The average Bonchev–Trinajstić information content (AvgIpc) is 2.78. The van der Waals surface area contributed by atoms with Gasteiger partial charge in [-0.15, -0.1) is 0 Å². The molecular formula is C27H36O2. The minimum absolute atomic E-state index is 0.0646. The van der Waals surface area contributed by atoms with Gasteiger partial charge >= 0.3 is 5.97 Å². The van der Waals surface area contributed by atoms with Crippen molar-refractivity contribution < 1.29 is 9.53 Å². The lowest BCUT2D eigenvalue weighted by Crippen LogP contribution is -2.25. The van der Waals surface area contributed by atoms with Crippen LogP contribution in [0.25, 0.3) is 0 Å². The first-order valence-corrected chi connectivity index (χ1v) is 11.7. The molecule has 2 fully saturated rings. The van der Waals surface area contributed by atoms with Crippen molar-refractivity contribution >= 4 is 5.97 Å². The van der Waals surface area contributed by atoms with Crippen molar-refractivity contribution in [3.8, 4) is 17.6 Å². The topological polar surface area (TPSA) is 26.3 Å². The lowest BCUT2D eigenvalue weighted by Gasteiger charge is -2.26. The van der Waals surface area contributed by atoms with E-state index in [1.165, 1.54) is 38.5 Å². The van der Waals surface area contributed by atoms with Crippen LogP contribution < -0.4 is 4.74 Å². The van der Waals surface area contributed by atoms with E-state index in [-0.39, 0.29) is 11.9 Å². The van der Waals surface area contributed by atoms with Crippen LogP contribution in [0.2, 0.25) is 0 Å². The summed E-state index contributed by atoms with van der Waals surface area (Å²) >= 11 is 0. The van der Waals surface area contributed by atoms with Gasteiger partial charge in [-0.25, -0.2) is 0 Å². The van der Waals surface area contributed by atoms with Crippen LogP contribution in [-0.2, 0) is 4.79 Å². The van der Waals surface area contributed by atoms with Crippen LogP contribution in [0.5, 0.6) is 5.75 Å². The molecular weight excluding hydrogens is 356 g/mol. The third-order valence-electron chi connectivity index (χ3n) is 6.97. The number of benzene rings is 1. The number of esters is 1. The summed E-state index contributed by atoms with van der Waals surface area (Å²) < 4.78 is 5.60. The SMILES string of the molecule is CC[C@H]1CC[C@H](/C=C/C#Cc2ccc(OC(=O)[C@H]3CC[C@H](CC)CC3)cc2)CC1. The van der Waals surface area contributed by atoms with Gasteiger partial charge in [-0.3, -0.25) is 4.79 Å². The van der Waals surface area contributed by atoms with Crippen molar-refractivity contribution in [2.75, 3.05) is 0 Å². The maximum Gasteiger partial charge on any atom is 0.314 e. The van der Waals surface area contributed by atoms with E-state index in [1.54, 1.807) is 0 Å². The largest absolute Gasteiger partial charge is 0.426 e. The quantitative estimate of drug-likeness (QED) is 0.308. The van der Waals surface area contributed by atoms with Crippen molar-refractivity contribution in [2.24, 2.45) is 23.7 Å². The molecule has 29 heavy (non-hydrogen) atoms. The Morgan fingerprint density at radius 3 is 2.10 bits per heavy atom. The molecule has 1 aromatic carbocycles. The van der Waals surface area contributed by atoms with Crippen LogP contribution in [0.15, 0.2) is 36.4 Å². The highest BCUT2D eigenvalue weighted by molar-refractivity contribution is 5.75. The summed E-state index contributed by atoms with van der Waals surface area (Å²) in [6, 6.07) is 7.58. The fourth-order valence-corrected chi connectivity index (χ4v) is 4.71. The van der Waals surface area contributed by atoms with E-state index in [4.69, 9.17) is 4.74 Å². The van der Waals surface area contributed by atoms with Crippen molar-refractivity contribution in [2.45, 2.75) is 78.1 Å². The molecule has 0 amide bonds. The molecule has 156 valence electrons. The molecule has 0 N–H and O–H groups in total. The summed E-state index contributed by atoms with van der Waals surface area (Å²) in [7, 11) is 0. The normalized spacial score (nSPS) is 27.2. The van der Waals surface area contributed by atoms with E-state index in [2.05, 4.69) is 31.8 Å². The van der Waals surface area contributed by atoms with Gasteiger partial charge in [0.25, 0.3) is 0 Å². The van der Waals surface area contributed by atoms with E-state index < -0.39 is 0 Å². The molecule has 0 radical (unpaired) electrons. The Kier molecular flexibility index (Phi) is 8.41. The van der Waals surface area contributed by atoms with Crippen molar-refractivity contribution in [3.63, 3.8) is 0 Å². The van der Waals surface area contributed by atoms with Gasteiger partial charge in [0.05, 0.1) is 5.92 Å². The zero-order chi connectivity index (χ0) is 20.5. The minimum atomic E-state index is -0.0703. The molecule has 0 unspecified atom stereocenters. The number of hydrogen-bond acceptors (Lipinski definition) is 2. The van der Waals surface area contributed by atoms with Gasteiger partial charge in [-0.1, -0.05) is 44.6 Å². The third kappa shape index (κ3) is 6.77. The molecule has 2 aliphatic carbocycles. The third-order valence-corrected chi connectivity index (χ3v) is 6.97. The molecule has 0 aromatic heterocycles. The van der Waals surface area contributed by atoms with E-state index >= 15 is 0 Å². The highest BCUT2D eigenvalue weighted by Gasteiger charge is 2.26. The molecule has 0 spiro atoms. The smallest absolute Gasteiger partial charge is 0.314 e. The standard InChI is InChI=1S/C27H36O2/c1-3-21-9-11-23(12-10-21)7-5-6-8-24-15-19-26(20-16-24)29-27(28)25-17-13-22(4-2)14-18-25/h5,7,15-16,19-23,25H,3-4,9-14,17-18H2,1-2H3/b7-5+/t21-,22-,23-,25-. The summed E-state index contributed by atoms with van der Waals surface area (Å²) in [5, 5.41) is 0. The molecule has 0 saturated heterocycles. The van der Waals surface area contributed by atoms with E-state index in [0.717, 1.165) is 43.1 Å². The zero-order valence-corrected chi connectivity index (χ0v) is 18.2. The fraction of sp³-hybridized carbons (Fsp3) is 0.593. The Bertz CT molecular complexity index is 718. The van der Waals surface area contributed by atoms with Crippen molar-refractivity contribution in [1.82, 2.24) is 0 Å². The summed E-state index contributed by atoms with van der Waals surface area (Å²) in [6.45, 7) is 4.54. The van der Waals surface area contributed by atoms with Crippen LogP contribution in [0.1, 0.15) is 83.6 Å². The second-order valence-electron chi connectivity index (χ2n) is 8.89. The maximum absolute atomic E-state index is 12.4. The number of carbonyl (C=O) groups is 1. The predicted octanol–water partition coefficient (Wildman–Crippen LogP) is 6.93. The number of hydrogen-bond donors (Lipinski definition) is 0. The number of carbonyl (C=O) groups excluding carboxylic acids is 1. The van der Waals surface area contributed by atoms with E-state index in [0.29, 0.717) is 11.7 Å². The van der Waals surface area contributed by atoms with E-state index in [9.17, 15) is 4.79 Å². The molecule has 2 saturated carbocycles. The van der Waals surface area contributed by atoms with Crippen molar-refractivity contribution in [1.29, 1.82) is 0 Å². The number of ether oxygens (including phenoxy) is 1. The zero-order valence-electron chi connectivity index (χ0n) is 18.2. The van der Waals surface area contributed by atoms with Crippen LogP contribution in [0.3, 0.4) is 0 Å². The maximum atomic E-state index is 12.4. The highest BCUT2D eigenvalue weighted by Crippen LogP contribution is 2.32. The molecule has 2 nitrogen and oxygen atoms in total. The minimum Gasteiger partial charge on any atom is -0.426 e. The van der Waals surface area contributed by atoms with E-state index in [1.807, 2.05) is 30.3 Å². The summed E-state index contributed by atoms with van der Waals surface area (Å²) in [5.41, 5.74) is 0.951. The molecule has 0 atom stereocenters. The molecule has 2 heteroatoms. The summed E-state index contributed by atoms with van der Waals surface area (Å²) in [6.07, 6.45) is 16.4. The molecule has 0 bridgehead atoms. The van der Waals surface area contributed by atoms with Gasteiger partial charge in [0.2, 0.25) is 0 Å². The second kappa shape index (κ2) is 11.2. The Labute approximate surface area is 177 Å². The van der Waals surface area contributed by atoms with Gasteiger partial charge in [-0.05, 0) is 99.5 Å². The highest BCUT2D eigenvalue weighted by atomic mass is 16.5. The van der Waals surface area contributed by atoms with Crippen LogP contribution in [0, 0.1) is 35.5 Å². The Morgan fingerprint density at radius 2 is 1.52 bits per heavy atom. The second-order valence-corrected chi connectivity index (χ2v) is 8.89. The summed E-state index contributed by atoms with van der Waals surface area (Å²) in [5.74, 6) is 9.38. The molecule has 0 heterocycles. The van der Waals surface area contributed by atoms with Gasteiger partial charge in [-0.2, -0.15) is 0 Å². The van der Waals surface area contributed by atoms with Gasteiger partial charge < -0.3 is 4.74 Å².